The number of hydrogen-bond acceptors (Lipinski definition) is 4. The van der Waals surface area contributed by atoms with Crippen molar-refractivity contribution in [1.82, 2.24) is 0 Å². The molecule has 22 heavy (non-hydrogen) atoms. The smallest absolute Gasteiger partial charge is 0.303 e. The van der Waals surface area contributed by atoms with Gasteiger partial charge in [0.2, 0.25) is 0 Å². The summed E-state index contributed by atoms with van der Waals surface area (Å²) in [7, 11) is 0. The summed E-state index contributed by atoms with van der Waals surface area (Å²) in [5, 5.41) is 14.0. The Morgan fingerprint density at radius 3 is 2.14 bits per heavy atom. The second-order valence-electron chi connectivity index (χ2n) is 4.93. The fraction of sp³-hybridized carbons (Fsp3) is 0.118. The minimum Gasteiger partial charge on any atom is -0.356 e. The Hall–Kier alpha value is -2.95. The lowest BCUT2D eigenvalue weighted by molar-refractivity contribution is -0.414. The molecule has 0 aliphatic heterocycles. The highest BCUT2D eigenvalue weighted by atomic mass is 16.6. The Morgan fingerprint density at radius 1 is 1.05 bits per heavy atom. The zero-order chi connectivity index (χ0) is 15.9. The molecule has 0 aliphatic rings. The Bertz CT molecular complexity index is 702. The topological polar surface area (TPSA) is 67.5 Å². The zero-order valence-corrected chi connectivity index (χ0v) is 12.5. The summed E-state index contributed by atoms with van der Waals surface area (Å²) in [6, 6.07) is 15.0. The van der Waals surface area contributed by atoms with E-state index in [1.54, 1.807) is 0 Å². The molecule has 0 radical (unpaired) electrons. The van der Waals surface area contributed by atoms with Crippen LogP contribution in [0.25, 0.3) is 0 Å². The van der Waals surface area contributed by atoms with Gasteiger partial charge in [0.25, 0.3) is 0 Å². The van der Waals surface area contributed by atoms with Crippen LogP contribution in [0.1, 0.15) is 11.1 Å². The molecular weight excluding hydrogens is 278 g/mol. The van der Waals surface area contributed by atoms with Crippen LogP contribution in [0, 0.1) is 24.0 Å². The van der Waals surface area contributed by atoms with Gasteiger partial charge in [-0.05, 0) is 38.1 Å². The molecule has 0 spiro atoms. The average molecular weight is 295 g/mol. The maximum atomic E-state index is 11.1. The van der Waals surface area contributed by atoms with Gasteiger partial charge in [0.05, 0.1) is 16.8 Å². The number of allylic oxidation sites excluding steroid dienone is 1. The Labute approximate surface area is 129 Å². The van der Waals surface area contributed by atoms with Gasteiger partial charge in [0.15, 0.2) is 0 Å². The van der Waals surface area contributed by atoms with E-state index in [4.69, 9.17) is 0 Å². The van der Waals surface area contributed by atoms with Crippen LogP contribution in [0.2, 0.25) is 0 Å². The standard InChI is InChI=1S/C17H17N3O2/c1-13-3-7-15(8-4-13)18-11-17(20(21)22)12-19-16-9-5-14(2)6-10-16/h3-12,18H,1-2H3/b17-11-,19-12?. The fourth-order valence-corrected chi connectivity index (χ4v) is 1.72. The zero-order valence-electron chi connectivity index (χ0n) is 12.5. The summed E-state index contributed by atoms with van der Waals surface area (Å²) >= 11 is 0. The highest BCUT2D eigenvalue weighted by molar-refractivity contribution is 5.78. The molecule has 1 N–H and O–H groups in total. The van der Waals surface area contributed by atoms with Crippen LogP contribution in [0.5, 0.6) is 0 Å². The van der Waals surface area contributed by atoms with Gasteiger partial charge in [-0.2, -0.15) is 0 Å². The molecule has 2 aromatic carbocycles. The molecule has 112 valence electrons. The molecule has 0 saturated carbocycles. The van der Waals surface area contributed by atoms with Gasteiger partial charge in [-0.3, -0.25) is 10.1 Å². The Balaban J connectivity index is 2.12. The van der Waals surface area contributed by atoms with Crippen LogP contribution in [0.3, 0.4) is 0 Å². The number of rotatable bonds is 5. The van der Waals surface area contributed by atoms with Gasteiger partial charge in [-0.1, -0.05) is 35.4 Å². The summed E-state index contributed by atoms with van der Waals surface area (Å²) in [6.45, 7) is 3.96. The maximum absolute atomic E-state index is 11.1. The van der Waals surface area contributed by atoms with Gasteiger partial charge in [-0.25, -0.2) is 4.99 Å². The first-order valence-corrected chi connectivity index (χ1v) is 6.83. The third-order valence-electron chi connectivity index (χ3n) is 3.03. The predicted octanol–water partition coefficient (Wildman–Crippen LogP) is 4.24. The average Bonchev–Trinajstić information content (AvgIpc) is 2.50. The Morgan fingerprint density at radius 2 is 1.59 bits per heavy atom. The van der Waals surface area contributed by atoms with Gasteiger partial charge in [0.1, 0.15) is 6.21 Å². The number of nitro groups is 1. The van der Waals surface area contributed by atoms with Crippen molar-refractivity contribution in [3.05, 3.63) is 81.7 Å². The number of nitrogens with one attached hydrogen (secondary N) is 1. The number of benzene rings is 2. The van der Waals surface area contributed by atoms with E-state index in [9.17, 15) is 10.1 Å². The van der Waals surface area contributed by atoms with Gasteiger partial charge < -0.3 is 5.32 Å². The molecule has 0 unspecified atom stereocenters. The maximum Gasteiger partial charge on any atom is 0.303 e. The lowest BCUT2D eigenvalue weighted by atomic mass is 10.2. The van der Waals surface area contributed by atoms with Crippen molar-refractivity contribution < 1.29 is 4.92 Å². The molecule has 0 amide bonds. The molecule has 0 saturated heterocycles. The first-order chi connectivity index (χ1) is 10.5. The molecule has 0 atom stereocenters. The summed E-state index contributed by atoms with van der Waals surface area (Å²) in [6.07, 6.45) is 2.58. The van der Waals surface area contributed by atoms with Crippen molar-refractivity contribution in [3.8, 4) is 0 Å². The number of aryl methyl sites for hydroxylation is 2. The molecular formula is C17H17N3O2. The quantitative estimate of drug-likeness (QED) is 0.509. The van der Waals surface area contributed by atoms with E-state index in [0.29, 0.717) is 5.69 Å². The first-order valence-electron chi connectivity index (χ1n) is 6.83. The van der Waals surface area contributed by atoms with Crippen LogP contribution in [-0.4, -0.2) is 11.1 Å². The van der Waals surface area contributed by atoms with Crippen molar-refractivity contribution in [2.24, 2.45) is 4.99 Å². The second-order valence-corrected chi connectivity index (χ2v) is 4.93. The number of hydrogen-bond donors (Lipinski definition) is 1. The van der Waals surface area contributed by atoms with E-state index >= 15 is 0 Å². The molecule has 5 nitrogen and oxygen atoms in total. The number of aliphatic imine (C=N–C) groups is 1. The molecule has 2 aromatic rings. The largest absolute Gasteiger partial charge is 0.356 e. The molecule has 0 aliphatic carbocycles. The Kier molecular flexibility index (Phi) is 5.03. The summed E-state index contributed by atoms with van der Waals surface area (Å²) < 4.78 is 0. The summed E-state index contributed by atoms with van der Waals surface area (Å²) in [5.74, 6) is 0. The molecule has 0 aromatic heterocycles. The van der Waals surface area contributed by atoms with E-state index < -0.39 is 4.92 Å². The fourth-order valence-electron chi connectivity index (χ4n) is 1.72. The van der Waals surface area contributed by atoms with Crippen LogP contribution in [0.4, 0.5) is 11.4 Å². The third-order valence-corrected chi connectivity index (χ3v) is 3.03. The normalized spacial score (nSPS) is 11.6. The van der Waals surface area contributed by atoms with E-state index in [2.05, 4.69) is 10.3 Å². The van der Waals surface area contributed by atoms with E-state index in [1.165, 1.54) is 12.4 Å². The number of nitrogens with zero attached hydrogens (tertiary/aromatic N) is 2. The second kappa shape index (κ2) is 7.17. The van der Waals surface area contributed by atoms with Gasteiger partial charge >= 0.3 is 5.70 Å². The summed E-state index contributed by atoms with van der Waals surface area (Å²) in [4.78, 5) is 14.7. The molecule has 2 rings (SSSR count). The van der Waals surface area contributed by atoms with Crippen molar-refractivity contribution >= 4 is 17.6 Å². The minimum absolute atomic E-state index is 0.110. The first kappa shape index (κ1) is 15.4. The highest BCUT2D eigenvalue weighted by Crippen LogP contribution is 2.13. The van der Waals surface area contributed by atoms with Crippen molar-refractivity contribution in [2.75, 3.05) is 5.32 Å². The van der Waals surface area contributed by atoms with Crippen molar-refractivity contribution in [2.45, 2.75) is 13.8 Å². The molecule has 0 bridgehead atoms. The lowest BCUT2D eigenvalue weighted by Crippen LogP contribution is -2.03. The van der Waals surface area contributed by atoms with Crippen LogP contribution >= 0.6 is 0 Å². The monoisotopic (exact) mass is 295 g/mol. The minimum atomic E-state index is -0.473. The van der Waals surface area contributed by atoms with E-state index in [0.717, 1.165) is 16.8 Å². The summed E-state index contributed by atoms with van der Waals surface area (Å²) in [5.41, 5.74) is 3.60. The van der Waals surface area contributed by atoms with E-state index in [1.807, 2.05) is 62.4 Å². The van der Waals surface area contributed by atoms with Crippen LogP contribution < -0.4 is 5.32 Å². The highest BCUT2D eigenvalue weighted by Gasteiger charge is 2.06. The molecule has 0 heterocycles. The number of anilines is 1. The molecule has 0 fully saturated rings. The van der Waals surface area contributed by atoms with Crippen molar-refractivity contribution in [1.29, 1.82) is 0 Å². The third kappa shape index (κ3) is 4.56. The predicted molar refractivity (Wildman–Crippen MR) is 89.2 cm³/mol. The van der Waals surface area contributed by atoms with Crippen molar-refractivity contribution in [3.63, 3.8) is 0 Å². The van der Waals surface area contributed by atoms with Gasteiger partial charge in [-0.15, -0.1) is 0 Å². The van der Waals surface area contributed by atoms with Crippen LogP contribution in [0.15, 0.2) is 65.4 Å². The SMILES string of the molecule is Cc1ccc(N=C/C(=C/Nc2ccc(C)cc2)[N+](=O)[O-])cc1. The lowest BCUT2D eigenvalue weighted by Gasteiger charge is -2.00. The molecule has 5 heteroatoms. The van der Waals surface area contributed by atoms with Crippen LogP contribution in [-0.2, 0) is 0 Å². The van der Waals surface area contributed by atoms with E-state index in [-0.39, 0.29) is 5.70 Å². The van der Waals surface area contributed by atoms with Gasteiger partial charge in [0, 0.05) is 5.69 Å².